The Morgan fingerprint density at radius 3 is 2.74 bits per heavy atom. The first-order valence-corrected chi connectivity index (χ1v) is 8.54. The Labute approximate surface area is 154 Å². The Kier molecular flexibility index (Phi) is 3.80. The number of hydrogen-bond acceptors (Lipinski definition) is 6. The molecule has 27 heavy (non-hydrogen) atoms. The molecule has 2 aromatic heterocycles. The number of carbonyl (C=O) groups excluding carboxylic acids is 1. The molecular formula is C19H19FN4O3. The largest absolute Gasteiger partial charge is 0.496 e. The van der Waals surface area contributed by atoms with Crippen LogP contribution in [0, 0.1) is 12.7 Å². The molecule has 3 N–H and O–H groups in total. The quantitative estimate of drug-likeness (QED) is 0.713. The molecule has 0 atom stereocenters. The second-order valence-electron chi connectivity index (χ2n) is 7.00. The Morgan fingerprint density at radius 1 is 1.37 bits per heavy atom. The lowest BCUT2D eigenvalue weighted by Crippen LogP contribution is -2.19. The van der Waals surface area contributed by atoms with Crippen LogP contribution in [0.1, 0.15) is 35.9 Å². The van der Waals surface area contributed by atoms with Gasteiger partial charge >= 0.3 is 0 Å². The summed E-state index contributed by atoms with van der Waals surface area (Å²) in [6.45, 7) is 3.70. The number of benzene rings is 1. The molecule has 1 aliphatic carbocycles. The third kappa shape index (κ3) is 2.97. The van der Waals surface area contributed by atoms with Crippen LogP contribution in [-0.4, -0.2) is 28.5 Å². The van der Waals surface area contributed by atoms with Gasteiger partial charge in [-0.1, -0.05) is 0 Å². The number of nitrogens with zero attached hydrogens (tertiary/aromatic N) is 2. The average molecular weight is 370 g/mol. The third-order valence-corrected chi connectivity index (χ3v) is 4.80. The fourth-order valence-electron chi connectivity index (χ4n) is 3.07. The number of furan rings is 1. The number of hydrogen-bond donors (Lipinski definition) is 2. The van der Waals surface area contributed by atoms with Crippen LogP contribution in [0.15, 0.2) is 22.6 Å². The van der Waals surface area contributed by atoms with Crippen molar-refractivity contribution in [1.82, 2.24) is 9.97 Å². The lowest BCUT2D eigenvalue weighted by molar-refractivity contribution is 0.1000. The molecule has 1 saturated carbocycles. The normalized spacial score (nSPS) is 15.0. The summed E-state index contributed by atoms with van der Waals surface area (Å²) in [7, 11) is 1.49. The molecule has 0 saturated heterocycles. The van der Waals surface area contributed by atoms with Gasteiger partial charge in [-0.05, 0) is 44.9 Å². The summed E-state index contributed by atoms with van der Waals surface area (Å²) in [4.78, 5) is 20.9. The minimum absolute atomic E-state index is 0.120. The summed E-state index contributed by atoms with van der Waals surface area (Å²) in [6, 6.07) is 4.11. The maximum absolute atomic E-state index is 13.8. The Hall–Kier alpha value is -3.16. The van der Waals surface area contributed by atoms with Crippen LogP contribution in [-0.2, 0) is 0 Å². The van der Waals surface area contributed by atoms with E-state index in [2.05, 4.69) is 22.2 Å². The molecule has 0 bridgehead atoms. The number of anilines is 1. The first-order chi connectivity index (χ1) is 12.8. The summed E-state index contributed by atoms with van der Waals surface area (Å²) in [5.41, 5.74) is 6.26. The zero-order chi connectivity index (χ0) is 19.3. The van der Waals surface area contributed by atoms with Crippen molar-refractivity contribution in [2.24, 2.45) is 5.73 Å². The average Bonchev–Trinajstić information content (AvgIpc) is 3.22. The van der Waals surface area contributed by atoms with Crippen LogP contribution in [0.2, 0.25) is 0 Å². The summed E-state index contributed by atoms with van der Waals surface area (Å²) < 4.78 is 24.8. The van der Waals surface area contributed by atoms with Crippen LogP contribution < -0.4 is 15.8 Å². The molecule has 0 unspecified atom stereocenters. The molecule has 4 rings (SSSR count). The fraction of sp³-hybridized carbons (Fsp3) is 0.316. The van der Waals surface area contributed by atoms with Gasteiger partial charge in [-0.3, -0.25) is 4.79 Å². The van der Waals surface area contributed by atoms with E-state index >= 15 is 0 Å². The molecule has 1 fully saturated rings. The number of carbonyl (C=O) groups is 1. The Balaban J connectivity index is 1.99. The summed E-state index contributed by atoms with van der Waals surface area (Å²) >= 11 is 0. The standard InChI is InChI=1S/C19H19FN4O3/c1-9-13(15(21)25)14-17(24-19(2)6-7-19)22-16(23-18(14)27-9)11-8-10(20)4-5-12(11)26-3/h4-5,8H,6-7H2,1-3H3,(H2,21,25)(H,22,23,24). The van der Waals surface area contributed by atoms with E-state index in [-0.39, 0.29) is 22.6 Å². The number of rotatable bonds is 5. The number of ether oxygens (including phenoxy) is 1. The van der Waals surface area contributed by atoms with Crippen molar-refractivity contribution in [1.29, 1.82) is 0 Å². The van der Waals surface area contributed by atoms with E-state index in [1.807, 2.05) is 0 Å². The number of nitrogens with two attached hydrogens (primary N) is 1. The number of aromatic nitrogens is 2. The number of aryl methyl sites for hydroxylation is 1. The highest BCUT2D eigenvalue weighted by Crippen LogP contribution is 2.41. The van der Waals surface area contributed by atoms with Gasteiger partial charge in [0.15, 0.2) is 5.82 Å². The minimum atomic E-state index is -0.616. The van der Waals surface area contributed by atoms with Crippen molar-refractivity contribution < 1.29 is 18.3 Å². The Bertz CT molecular complexity index is 1070. The van der Waals surface area contributed by atoms with E-state index in [4.69, 9.17) is 14.9 Å². The number of primary amides is 1. The maximum Gasteiger partial charge on any atom is 0.253 e. The molecule has 8 heteroatoms. The van der Waals surface area contributed by atoms with E-state index in [0.717, 1.165) is 12.8 Å². The Morgan fingerprint density at radius 2 is 2.11 bits per heavy atom. The summed E-state index contributed by atoms with van der Waals surface area (Å²) in [5, 5.41) is 3.79. The van der Waals surface area contributed by atoms with Crippen LogP contribution in [0.25, 0.3) is 22.5 Å². The predicted molar refractivity (Wildman–Crippen MR) is 98.3 cm³/mol. The molecule has 1 aliphatic rings. The van der Waals surface area contributed by atoms with Crippen molar-refractivity contribution >= 4 is 22.8 Å². The topological polar surface area (TPSA) is 103 Å². The van der Waals surface area contributed by atoms with E-state index in [9.17, 15) is 9.18 Å². The number of amides is 1. The van der Waals surface area contributed by atoms with Gasteiger partial charge in [0.1, 0.15) is 23.1 Å². The van der Waals surface area contributed by atoms with Crippen molar-refractivity contribution in [3.63, 3.8) is 0 Å². The predicted octanol–water partition coefficient (Wildman–Crippen LogP) is 3.41. The van der Waals surface area contributed by atoms with Gasteiger partial charge in [-0.2, -0.15) is 4.98 Å². The molecular weight excluding hydrogens is 351 g/mol. The van der Waals surface area contributed by atoms with Gasteiger partial charge in [0.25, 0.3) is 5.91 Å². The number of nitrogens with one attached hydrogen (secondary N) is 1. The molecule has 3 aromatic rings. The van der Waals surface area contributed by atoms with Crippen LogP contribution in [0.3, 0.4) is 0 Å². The number of methoxy groups -OCH3 is 1. The fourth-order valence-corrected chi connectivity index (χ4v) is 3.07. The zero-order valence-electron chi connectivity index (χ0n) is 15.2. The second-order valence-corrected chi connectivity index (χ2v) is 7.00. The first-order valence-electron chi connectivity index (χ1n) is 8.54. The SMILES string of the molecule is COc1ccc(F)cc1-c1nc(NC2(C)CC2)c2c(C(N)=O)c(C)oc2n1. The highest BCUT2D eigenvalue weighted by Gasteiger charge is 2.39. The third-order valence-electron chi connectivity index (χ3n) is 4.80. The van der Waals surface area contributed by atoms with Gasteiger partial charge in [-0.15, -0.1) is 0 Å². The molecule has 7 nitrogen and oxygen atoms in total. The molecule has 1 aromatic carbocycles. The van der Waals surface area contributed by atoms with Gasteiger partial charge in [0, 0.05) is 5.54 Å². The minimum Gasteiger partial charge on any atom is -0.496 e. The molecule has 0 aliphatic heterocycles. The van der Waals surface area contributed by atoms with Gasteiger partial charge in [0.2, 0.25) is 5.71 Å². The zero-order valence-corrected chi connectivity index (χ0v) is 15.2. The van der Waals surface area contributed by atoms with Crippen molar-refractivity contribution in [2.45, 2.75) is 32.2 Å². The van der Waals surface area contributed by atoms with Crippen LogP contribution in [0.5, 0.6) is 5.75 Å². The van der Waals surface area contributed by atoms with Crippen molar-refractivity contribution in [3.05, 3.63) is 35.3 Å². The second kappa shape index (κ2) is 5.94. The molecule has 140 valence electrons. The molecule has 0 spiro atoms. The van der Waals surface area contributed by atoms with Crippen LogP contribution in [0.4, 0.5) is 10.2 Å². The van der Waals surface area contributed by atoms with Crippen molar-refractivity contribution in [2.75, 3.05) is 12.4 Å². The molecule has 2 heterocycles. The highest BCUT2D eigenvalue weighted by atomic mass is 19.1. The smallest absolute Gasteiger partial charge is 0.253 e. The van der Waals surface area contributed by atoms with Gasteiger partial charge in [0.05, 0.1) is 23.6 Å². The van der Waals surface area contributed by atoms with Crippen LogP contribution >= 0.6 is 0 Å². The monoisotopic (exact) mass is 370 g/mol. The summed E-state index contributed by atoms with van der Waals surface area (Å²) in [6.07, 6.45) is 1.94. The van der Waals surface area contributed by atoms with E-state index in [1.165, 1.54) is 25.3 Å². The lowest BCUT2D eigenvalue weighted by atomic mass is 10.1. The molecule has 1 amide bonds. The summed E-state index contributed by atoms with van der Waals surface area (Å²) in [5.74, 6) is 0.403. The van der Waals surface area contributed by atoms with Gasteiger partial charge < -0.3 is 20.2 Å². The highest BCUT2D eigenvalue weighted by molar-refractivity contribution is 6.09. The maximum atomic E-state index is 13.8. The first kappa shape index (κ1) is 17.3. The van der Waals surface area contributed by atoms with E-state index in [1.54, 1.807) is 6.92 Å². The number of fused-ring (bicyclic) bond motifs is 1. The van der Waals surface area contributed by atoms with Crippen molar-refractivity contribution in [3.8, 4) is 17.1 Å². The van der Waals surface area contributed by atoms with E-state index in [0.29, 0.717) is 28.3 Å². The van der Waals surface area contributed by atoms with Gasteiger partial charge in [-0.25, -0.2) is 9.37 Å². The lowest BCUT2D eigenvalue weighted by Gasteiger charge is -2.15. The van der Waals surface area contributed by atoms with E-state index < -0.39 is 11.7 Å². The molecule has 0 radical (unpaired) electrons. The number of halogens is 1.